The predicted molar refractivity (Wildman–Crippen MR) is 68.1 cm³/mol. The van der Waals surface area contributed by atoms with Gasteiger partial charge in [0.25, 0.3) is 0 Å². The van der Waals surface area contributed by atoms with Crippen LogP contribution in [-0.4, -0.2) is 35.6 Å². The van der Waals surface area contributed by atoms with Crippen LogP contribution in [0.3, 0.4) is 0 Å². The van der Waals surface area contributed by atoms with E-state index in [0.717, 1.165) is 6.07 Å². The van der Waals surface area contributed by atoms with E-state index < -0.39 is 11.9 Å². The van der Waals surface area contributed by atoms with Crippen LogP contribution in [0.15, 0.2) is 24.3 Å². The minimum Gasteiger partial charge on any atom is -0.545 e. The van der Waals surface area contributed by atoms with Gasteiger partial charge in [-0.2, -0.15) is 0 Å². The molecule has 2 rings (SSSR count). The molecule has 0 saturated carbocycles. The average Bonchev–Trinajstić information content (AvgIpc) is 2.41. The van der Waals surface area contributed by atoms with Crippen molar-refractivity contribution in [2.24, 2.45) is 0 Å². The number of carbonyl (C=O) groups excluding carboxylic acids is 1. The molecule has 6 nitrogen and oxygen atoms in total. The summed E-state index contributed by atoms with van der Waals surface area (Å²) in [6.07, 6.45) is 4.22. The van der Waals surface area contributed by atoms with E-state index in [-0.39, 0.29) is 46.2 Å². The molecule has 0 radical (unpaired) electrons. The largest absolute Gasteiger partial charge is 1.00 e. The van der Waals surface area contributed by atoms with Gasteiger partial charge in [0.15, 0.2) is 0 Å². The number of nitrogens with one attached hydrogen (secondary N) is 1. The van der Waals surface area contributed by atoms with Gasteiger partial charge >= 0.3 is 35.5 Å². The smallest absolute Gasteiger partial charge is 0.545 e. The standard InChI is InChI=1S/C8H6O4.C5H11N.Na.H2O/c9-7(10)5-2-1-3-6(4-5)8(11)12;1-2-4-6-5-3-1;;/h1-4H,(H,9,10)(H,11,12);6H,1-5H2;;1H2/q;;+1;/p-1. The Labute approximate surface area is 139 Å². The Morgan fingerprint density at radius 2 is 1.65 bits per heavy atom. The third-order valence-electron chi connectivity index (χ3n) is 2.55. The van der Waals surface area contributed by atoms with Crippen molar-refractivity contribution in [1.29, 1.82) is 0 Å². The third-order valence-corrected chi connectivity index (χ3v) is 2.55. The van der Waals surface area contributed by atoms with Crippen molar-refractivity contribution in [3.8, 4) is 0 Å². The zero-order valence-electron chi connectivity index (χ0n) is 11.5. The number of hydrogen-bond acceptors (Lipinski definition) is 4. The van der Waals surface area contributed by atoms with Crippen LogP contribution in [0.4, 0.5) is 0 Å². The second-order valence-electron chi connectivity index (χ2n) is 3.98. The molecule has 1 aromatic rings. The Hall–Kier alpha value is -0.920. The maximum atomic E-state index is 10.4. The second-order valence-corrected chi connectivity index (χ2v) is 3.98. The fourth-order valence-electron chi connectivity index (χ4n) is 1.58. The molecular formula is C13H18NNaO5. The van der Waals surface area contributed by atoms with Gasteiger partial charge in [0, 0.05) is 0 Å². The van der Waals surface area contributed by atoms with Crippen molar-refractivity contribution in [2.75, 3.05) is 13.1 Å². The third kappa shape index (κ3) is 8.29. The van der Waals surface area contributed by atoms with Gasteiger partial charge in [-0.1, -0.05) is 18.6 Å². The van der Waals surface area contributed by atoms with Crippen LogP contribution in [0.2, 0.25) is 0 Å². The van der Waals surface area contributed by atoms with Gasteiger partial charge in [-0.05, 0) is 43.6 Å². The molecule has 4 N–H and O–H groups in total. The number of hydrogen-bond donors (Lipinski definition) is 2. The molecule has 1 fully saturated rings. The van der Waals surface area contributed by atoms with E-state index in [0.29, 0.717) is 0 Å². The van der Waals surface area contributed by atoms with Crippen molar-refractivity contribution in [2.45, 2.75) is 19.3 Å². The Morgan fingerprint density at radius 1 is 1.10 bits per heavy atom. The Bertz CT molecular complexity index is 380. The Kier molecular flexibility index (Phi) is 12.7. The zero-order chi connectivity index (χ0) is 13.4. The molecule has 20 heavy (non-hydrogen) atoms. The molecule has 0 unspecified atom stereocenters. The first-order valence-corrected chi connectivity index (χ1v) is 5.86. The van der Waals surface area contributed by atoms with Crippen LogP contribution >= 0.6 is 0 Å². The van der Waals surface area contributed by atoms with Gasteiger partial charge in [0.1, 0.15) is 0 Å². The quantitative estimate of drug-likeness (QED) is 0.553. The number of carbonyl (C=O) groups is 2. The van der Waals surface area contributed by atoms with Crippen LogP contribution in [0.25, 0.3) is 0 Å². The molecule has 0 aromatic heterocycles. The number of benzene rings is 1. The summed E-state index contributed by atoms with van der Waals surface area (Å²) in [6, 6.07) is 5.00. The molecule has 0 amide bonds. The Morgan fingerprint density at radius 3 is 2.00 bits per heavy atom. The molecular weight excluding hydrogens is 273 g/mol. The van der Waals surface area contributed by atoms with Crippen molar-refractivity contribution in [1.82, 2.24) is 5.32 Å². The van der Waals surface area contributed by atoms with E-state index in [4.69, 9.17) is 5.11 Å². The zero-order valence-corrected chi connectivity index (χ0v) is 13.5. The van der Waals surface area contributed by atoms with Crippen molar-refractivity contribution >= 4 is 11.9 Å². The molecule has 0 spiro atoms. The number of rotatable bonds is 2. The van der Waals surface area contributed by atoms with Crippen LogP contribution in [0, 0.1) is 0 Å². The monoisotopic (exact) mass is 291 g/mol. The maximum absolute atomic E-state index is 10.4. The molecule has 0 aliphatic carbocycles. The van der Waals surface area contributed by atoms with E-state index in [2.05, 4.69) is 5.32 Å². The number of aromatic carboxylic acids is 2. The number of carboxylic acid groups (broad SMARTS) is 2. The summed E-state index contributed by atoms with van der Waals surface area (Å²) in [6.45, 7) is 2.50. The normalized spacial score (nSPS) is 12.8. The summed E-state index contributed by atoms with van der Waals surface area (Å²) in [5.74, 6) is -2.53. The van der Waals surface area contributed by atoms with Crippen LogP contribution < -0.4 is 40.0 Å². The van der Waals surface area contributed by atoms with Crippen molar-refractivity contribution in [3.05, 3.63) is 35.4 Å². The summed E-state index contributed by atoms with van der Waals surface area (Å²) in [5, 5.41) is 22.0. The van der Waals surface area contributed by atoms with E-state index >= 15 is 0 Å². The van der Waals surface area contributed by atoms with E-state index in [1.807, 2.05) is 0 Å². The number of piperidine rings is 1. The van der Waals surface area contributed by atoms with Gasteiger partial charge in [0.2, 0.25) is 0 Å². The molecule has 1 aromatic carbocycles. The van der Waals surface area contributed by atoms with Gasteiger partial charge in [-0.25, -0.2) is 4.79 Å². The summed E-state index contributed by atoms with van der Waals surface area (Å²) >= 11 is 0. The molecule has 1 aliphatic heterocycles. The van der Waals surface area contributed by atoms with Gasteiger partial charge in [0.05, 0.1) is 11.5 Å². The first kappa shape index (κ1) is 21.4. The molecule has 0 atom stereocenters. The molecule has 7 heteroatoms. The second kappa shape index (κ2) is 11.9. The van der Waals surface area contributed by atoms with E-state index in [1.165, 1.54) is 50.6 Å². The van der Waals surface area contributed by atoms with Crippen LogP contribution in [-0.2, 0) is 0 Å². The van der Waals surface area contributed by atoms with Crippen LogP contribution in [0.5, 0.6) is 0 Å². The van der Waals surface area contributed by atoms with Crippen molar-refractivity contribution < 1.29 is 54.8 Å². The predicted octanol–water partition coefficient (Wildman–Crippen LogP) is -3.31. The topological polar surface area (TPSA) is 121 Å². The fraction of sp³-hybridized carbons (Fsp3) is 0.385. The SMILES string of the molecule is C1CCNCC1.O.O=C([O-])c1cccc(C(=O)O)c1.[Na+]. The van der Waals surface area contributed by atoms with Gasteiger partial charge < -0.3 is 25.8 Å². The minimum atomic E-state index is -1.38. The molecule has 1 heterocycles. The van der Waals surface area contributed by atoms with Gasteiger partial charge in [-0.3, -0.25) is 0 Å². The fourth-order valence-corrected chi connectivity index (χ4v) is 1.58. The molecule has 106 valence electrons. The average molecular weight is 291 g/mol. The Balaban J connectivity index is 0. The minimum absolute atomic E-state index is 0. The molecule has 0 bridgehead atoms. The summed E-state index contributed by atoms with van der Waals surface area (Å²) in [7, 11) is 0. The maximum Gasteiger partial charge on any atom is 1.00 e. The first-order chi connectivity index (χ1) is 8.61. The molecule has 1 aliphatic rings. The van der Waals surface area contributed by atoms with Crippen molar-refractivity contribution in [3.63, 3.8) is 0 Å². The number of carboxylic acids is 2. The van der Waals surface area contributed by atoms with E-state index in [1.54, 1.807) is 0 Å². The summed E-state index contributed by atoms with van der Waals surface area (Å²) < 4.78 is 0. The first-order valence-electron chi connectivity index (χ1n) is 5.86. The van der Waals surface area contributed by atoms with E-state index in [9.17, 15) is 14.7 Å². The van der Waals surface area contributed by atoms with Crippen LogP contribution in [0.1, 0.15) is 40.0 Å². The summed E-state index contributed by atoms with van der Waals surface area (Å²) in [5.41, 5.74) is -0.188. The summed E-state index contributed by atoms with van der Waals surface area (Å²) in [4.78, 5) is 20.6. The van der Waals surface area contributed by atoms with Gasteiger partial charge in [-0.15, -0.1) is 0 Å². The molecule has 1 saturated heterocycles.